The van der Waals surface area contributed by atoms with Crippen molar-refractivity contribution in [1.82, 2.24) is 20.6 Å². The Morgan fingerprint density at radius 2 is 2.04 bits per heavy atom. The second-order valence-electron chi connectivity index (χ2n) is 6.72. The third-order valence-corrected chi connectivity index (χ3v) is 4.76. The molecule has 2 N–H and O–H groups in total. The van der Waals surface area contributed by atoms with E-state index in [4.69, 9.17) is 4.42 Å². The number of guanidine groups is 1. The van der Waals surface area contributed by atoms with Crippen molar-refractivity contribution in [1.29, 1.82) is 0 Å². The Balaban J connectivity index is 1.79. The third kappa shape index (κ3) is 5.06. The molecule has 0 aliphatic carbocycles. The highest BCUT2D eigenvalue weighted by Gasteiger charge is 2.19. The minimum absolute atomic E-state index is 0.0326. The van der Waals surface area contributed by atoms with Crippen LogP contribution in [0.25, 0.3) is 0 Å². The van der Waals surface area contributed by atoms with E-state index in [0.29, 0.717) is 12.4 Å². The number of nitrogens with one attached hydrogen (secondary N) is 2. The molecule has 7 heteroatoms. The normalized spacial score (nSPS) is 12.5. The highest BCUT2D eigenvalue weighted by Crippen LogP contribution is 2.22. The number of aromatic nitrogens is 2. The maximum Gasteiger partial charge on any atom is 0.213 e. The molecule has 2 heterocycles. The smallest absolute Gasteiger partial charge is 0.213 e. The number of oxazole rings is 1. The van der Waals surface area contributed by atoms with Gasteiger partial charge in [0.15, 0.2) is 5.96 Å². The Labute approximate surface area is 147 Å². The lowest BCUT2D eigenvalue weighted by molar-refractivity contribution is 0.379. The van der Waals surface area contributed by atoms with Crippen LogP contribution < -0.4 is 10.6 Å². The standard InChI is InChI=1S/C17H27N5OS/c1-11-12(2)24-15(22-11)7-8-19-16(18-6)21-10-14-20-9-13(23-14)17(3,4)5/h9H,7-8,10H2,1-6H3,(H2,18,19,21). The van der Waals surface area contributed by atoms with Crippen molar-refractivity contribution >= 4 is 17.3 Å². The van der Waals surface area contributed by atoms with Crippen molar-refractivity contribution in [3.63, 3.8) is 0 Å². The Morgan fingerprint density at radius 1 is 1.29 bits per heavy atom. The van der Waals surface area contributed by atoms with Gasteiger partial charge in [-0.3, -0.25) is 4.99 Å². The highest BCUT2D eigenvalue weighted by atomic mass is 32.1. The zero-order valence-electron chi connectivity index (χ0n) is 15.4. The molecule has 0 aromatic carbocycles. The predicted octanol–water partition coefficient (Wildman–Crippen LogP) is 2.95. The predicted molar refractivity (Wildman–Crippen MR) is 98.7 cm³/mol. The lowest BCUT2D eigenvalue weighted by Gasteiger charge is -2.13. The largest absolute Gasteiger partial charge is 0.443 e. The van der Waals surface area contributed by atoms with Gasteiger partial charge in [-0.2, -0.15) is 0 Å². The first-order valence-electron chi connectivity index (χ1n) is 8.12. The number of hydrogen-bond acceptors (Lipinski definition) is 5. The molecular formula is C17H27N5OS. The van der Waals surface area contributed by atoms with Crippen LogP contribution in [0.4, 0.5) is 0 Å². The Bertz CT molecular complexity index is 677. The second-order valence-corrected chi connectivity index (χ2v) is 8.01. The number of aryl methyl sites for hydroxylation is 2. The summed E-state index contributed by atoms with van der Waals surface area (Å²) in [6, 6.07) is 0. The molecule has 0 bridgehead atoms. The van der Waals surface area contributed by atoms with Gasteiger partial charge in [0.2, 0.25) is 5.89 Å². The van der Waals surface area contributed by atoms with Crippen LogP contribution in [0.1, 0.15) is 48.0 Å². The van der Waals surface area contributed by atoms with E-state index in [1.165, 1.54) is 4.88 Å². The highest BCUT2D eigenvalue weighted by molar-refractivity contribution is 7.11. The van der Waals surface area contributed by atoms with Gasteiger partial charge in [0.25, 0.3) is 0 Å². The maximum atomic E-state index is 5.77. The van der Waals surface area contributed by atoms with Gasteiger partial charge < -0.3 is 15.1 Å². The average molecular weight is 350 g/mol. The van der Waals surface area contributed by atoms with Crippen molar-refractivity contribution in [2.75, 3.05) is 13.6 Å². The molecule has 24 heavy (non-hydrogen) atoms. The molecular weight excluding hydrogens is 322 g/mol. The van der Waals surface area contributed by atoms with Crippen LogP contribution in [0.2, 0.25) is 0 Å². The van der Waals surface area contributed by atoms with Gasteiger partial charge in [-0.1, -0.05) is 20.8 Å². The Hall–Kier alpha value is -1.89. The summed E-state index contributed by atoms with van der Waals surface area (Å²) in [5, 5.41) is 7.66. The van der Waals surface area contributed by atoms with Crippen molar-refractivity contribution in [2.24, 2.45) is 4.99 Å². The Kier molecular flexibility index (Phi) is 5.99. The van der Waals surface area contributed by atoms with E-state index in [0.717, 1.165) is 35.4 Å². The molecule has 0 atom stereocenters. The van der Waals surface area contributed by atoms with Crippen LogP contribution in [0.5, 0.6) is 0 Å². The molecule has 2 aromatic heterocycles. The summed E-state index contributed by atoms with van der Waals surface area (Å²) in [4.78, 5) is 14.4. The van der Waals surface area contributed by atoms with Crippen molar-refractivity contribution in [3.8, 4) is 0 Å². The van der Waals surface area contributed by atoms with Gasteiger partial charge in [-0.25, -0.2) is 9.97 Å². The first-order valence-corrected chi connectivity index (χ1v) is 8.94. The topological polar surface area (TPSA) is 75.3 Å². The van der Waals surface area contributed by atoms with Gasteiger partial charge in [0.1, 0.15) is 5.76 Å². The molecule has 0 aliphatic rings. The SMILES string of the molecule is CN=C(NCCc1nc(C)c(C)s1)NCc1ncc(C(C)(C)C)o1. The minimum Gasteiger partial charge on any atom is -0.443 e. The van der Waals surface area contributed by atoms with Crippen LogP contribution in [0.15, 0.2) is 15.6 Å². The van der Waals surface area contributed by atoms with Crippen LogP contribution >= 0.6 is 11.3 Å². The summed E-state index contributed by atoms with van der Waals surface area (Å²) in [5.74, 6) is 2.28. The fraction of sp³-hybridized carbons (Fsp3) is 0.588. The van der Waals surface area contributed by atoms with E-state index in [1.807, 2.05) is 6.92 Å². The molecule has 0 radical (unpaired) electrons. The van der Waals surface area contributed by atoms with E-state index in [9.17, 15) is 0 Å². The van der Waals surface area contributed by atoms with Gasteiger partial charge in [0, 0.05) is 30.3 Å². The number of thiazole rings is 1. The number of aliphatic imine (C=N–C) groups is 1. The van der Waals surface area contributed by atoms with E-state index >= 15 is 0 Å². The maximum absolute atomic E-state index is 5.77. The van der Waals surface area contributed by atoms with Crippen LogP contribution in [-0.2, 0) is 18.4 Å². The quantitative estimate of drug-likeness (QED) is 0.641. The molecule has 6 nitrogen and oxygen atoms in total. The monoisotopic (exact) mass is 349 g/mol. The van der Waals surface area contributed by atoms with Gasteiger partial charge in [-0.05, 0) is 13.8 Å². The minimum atomic E-state index is -0.0326. The molecule has 0 fully saturated rings. The zero-order chi connectivity index (χ0) is 17.7. The van der Waals surface area contributed by atoms with E-state index in [1.54, 1.807) is 24.6 Å². The summed E-state index contributed by atoms with van der Waals surface area (Å²) in [5.41, 5.74) is 1.09. The van der Waals surface area contributed by atoms with E-state index in [2.05, 4.69) is 53.3 Å². The second kappa shape index (κ2) is 7.79. The molecule has 2 aromatic rings. The van der Waals surface area contributed by atoms with Crippen molar-refractivity contribution < 1.29 is 4.42 Å². The number of rotatable bonds is 5. The van der Waals surface area contributed by atoms with Crippen LogP contribution in [0.3, 0.4) is 0 Å². The van der Waals surface area contributed by atoms with Gasteiger partial charge >= 0.3 is 0 Å². The summed E-state index contributed by atoms with van der Waals surface area (Å²) in [6.07, 6.45) is 2.67. The molecule has 0 saturated heterocycles. The molecule has 132 valence electrons. The molecule has 2 rings (SSSR count). The number of hydrogen-bond donors (Lipinski definition) is 2. The van der Waals surface area contributed by atoms with E-state index in [-0.39, 0.29) is 5.41 Å². The molecule has 0 amide bonds. The van der Waals surface area contributed by atoms with Crippen molar-refractivity contribution in [3.05, 3.63) is 33.4 Å². The lowest BCUT2D eigenvalue weighted by Crippen LogP contribution is -2.37. The molecule has 0 spiro atoms. The third-order valence-electron chi connectivity index (χ3n) is 3.63. The average Bonchev–Trinajstić information content (AvgIpc) is 3.10. The van der Waals surface area contributed by atoms with Crippen LogP contribution in [0, 0.1) is 13.8 Å². The first kappa shape index (κ1) is 18.4. The summed E-state index contributed by atoms with van der Waals surface area (Å²) >= 11 is 1.75. The molecule has 0 saturated carbocycles. The summed E-state index contributed by atoms with van der Waals surface area (Å²) < 4.78 is 5.77. The summed E-state index contributed by atoms with van der Waals surface area (Å²) in [7, 11) is 1.75. The zero-order valence-corrected chi connectivity index (χ0v) is 16.2. The molecule has 0 unspecified atom stereocenters. The number of nitrogens with zero attached hydrogens (tertiary/aromatic N) is 3. The first-order chi connectivity index (χ1) is 11.3. The van der Waals surface area contributed by atoms with Gasteiger partial charge in [0.05, 0.1) is 23.4 Å². The summed E-state index contributed by atoms with van der Waals surface area (Å²) in [6.45, 7) is 11.8. The fourth-order valence-corrected chi connectivity index (χ4v) is 2.99. The van der Waals surface area contributed by atoms with Crippen LogP contribution in [-0.4, -0.2) is 29.5 Å². The Morgan fingerprint density at radius 3 is 2.58 bits per heavy atom. The molecule has 0 aliphatic heterocycles. The fourth-order valence-electron chi connectivity index (χ4n) is 2.05. The lowest BCUT2D eigenvalue weighted by atomic mass is 9.94. The van der Waals surface area contributed by atoms with E-state index < -0.39 is 0 Å². The van der Waals surface area contributed by atoms with Crippen molar-refractivity contribution in [2.45, 2.75) is 53.0 Å². The van der Waals surface area contributed by atoms with Gasteiger partial charge in [-0.15, -0.1) is 11.3 Å².